The summed E-state index contributed by atoms with van der Waals surface area (Å²) < 4.78 is 86.9. The van der Waals surface area contributed by atoms with Crippen LogP contribution in [0.3, 0.4) is 0 Å². The van der Waals surface area contributed by atoms with Gasteiger partial charge in [0.2, 0.25) is 27.4 Å². The van der Waals surface area contributed by atoms with Crippen molar-refractivity contribution in [2.75, 3.05) is 6.54 Å². The Labute approximate surface area is 360 Å². The van der Waals surface area contributed by atoms with E-state index < -0.39 is 80.5 Å². The second-order valence-electron chi connectivity index (χ2n) is 17.2. The van der Waals surface area contributed by atoms with E-state index in [0.717, 1.165) is 31.4 Å². The third-order valence-electron chi connectivity index (χ3n) is 12.6. The SMILES string of the molecule is O=C(NC1CCCCCC=CC2CC2(C(=O)NS(=O)(=O)C2CC2)NC(=O)C2CC(Oc3nc(-c4ccc(C(F)(F)F)cc4)nc4c3oc3ccccc34)CN2C1=O)OC1CCCC1. The van der Waals surface area contributed by atoms with E-state index in [0.29, 0.717) is 61.4 Å². The number of alkyl halides is 3. The van der Waals surface area contributed by atoms with Gasteiger partial charge in [0, 0.05) is 23.3 Å². The second kappa shape index (κ2) is 16.8. The number of hydrogen-bond donors (Lipinski definition) is 3. The van der Waals surface area contributed by atoms with Gasteiger partial charge in [-0.05, 0) is 88.5 Å². The lowest BCUT2D eigenvalue weighted by atomic mass is 10.0. The van der Waals surface area contributed by atoms with Crippen LogP contribution >= 0.6 is 0 Å². The van der Waals surface area contributed by atoms with E-state index in [2.05, 4.69) is 25.3 Å². The number of carbonyl (C=O) groups is 4. The number of aromatic nitrogens is 2. The van der Waals surface area contributed by atoms with Crippen molar-refractivity contribution in [3.8, 4) is 17.3 Å². The fourth-order valence-electron chi connectivity index (χ4n) is 8.92. The summed E-state index contributed by atoms with van der Waals surface area (Å²) in [7, 11) is -3.97. The molecule has 5 unspecified atom stereocenters. The number of alkyl carbamates (subject to hydrolysis) is 1. The fraction of sp³-hybridized carbons (Fsp3) is 0.500. The molecule has 5 aliphatic rings. The maximum atomic E-state index is 14.7. The number of hydrogen-bond acceptors (Lipinski definition) is 11. The minimum absolute atomic E-state index is 0.0337. The van der Waals surface area contributed by atoms with Crippen LogP contribution in [-0.4, -0.2) is 88.7 Å². The Balaban J connectivity index is 1.05. The first-order valence-corrected chi connectivity index (χ1v) is 23.1. The highest BCUT2D eigenvalue weighted by Crippen LogP contribution is 2.46. The summed E-state index contributed by atoms with van der Waals surface area (Å²) in [4.78, 5) is 67.0. The Hall–Kier alpha value is -5.72. The standard InChI is InChI=1S/C44H47F3N6O9S/c45-44(46,47)26-18-16-25(17-19-26)37-49-35-31-13-8-9-15-34(31)62-36(35)39(50-37)60-29-22-33-38(54)51-43(41(56)52-63(58,59)30-20-21-30)23-27(43)10-4-2-1-3-5-14-32(40(55)53(33)24-29)48-42(57)61-28-11-6-7-12-28/h4,8-10,13,15-19,27-30,32-33H,1-3,5-7,11-12,14,20-24H2,(H,48,57)(H,51,54)(H,52,56). The summed E-state index contributed by atoms with van der Waals surface area (Å²) in [6.07, 6.45) is 4.23. The second-order valence-corrected chi connectivity index (χ2v) is 19.2. The van der Waals surface area contributed by atoms with Crippen LogP contribution in [0.2, 0.25) is 0 Å². The Morgan fingerprint density at radius 3 is 2.41 bits per heavy atom. The van der Waals surface area contributed by atoms with E-state index in [9.17, 15) is 40.8 Å². The van der Waals surface area contributed by atoms with Crippen LogP contribution in [0.15, 0.2) is 65.1 Å². The molecule has 3 saturated carbocycles. The third kappa shape index (κ3) is 8.93. The van der Waals surface area contributed by atoms with Crippen LogP contribution in [0.25, 0.3) is 33.5 Å². The van der Waals surface area contributed by atoms with Crippen molar-refractivity contribution in [2.45, 2.75) is 125 Å². The summed E-state index contributed by atoms with van der Waals surface area (Å²) in [6.45, 7) is -0.188. The maximum absolute atomic E-state index is 14.7. The number of para-hydroxylation sites is 1. The maximum Gasteiger partial charge on any atom is 0.416 e. The molecule has 19 heteroatoms. The zero-order valence-electron chi connectivity index (χ0n) is 34.2. The smallest absolute Gasteiger partial charge is 0.416 e. The zero-order valence-corrected chi connectivity index (χ0v) is 35.0. The Morgan fingerprint density at radius 2 is 1.67 bits per heavy atom. The quantitative estimate of drug-likeness (QED) is 0.164. The lowest BCUT2D eigenvalue weighted by Crippen LogP contribution is -2.58. The van der Waals surface area contributed by atoms with Crippen molar-refractivity contribution in [3.63, 3.8) is 0 Å². The number of nitrogens with one attached hydrogen (secondary N) is 3. The largest absolute Gasteiger partial charge is 0.470 e. The number of halogens is 3. The predicted octanol–water partition coefficient (Wildman–Crippen LogP) is 6.45. The molecule has 1 saturated heterocycles. The molecule has 15 nitrogen and oxygen atoms in total. The molecular formula is C44H47F3N6O9S. The molecule has 4 heterocycles. The van der Waals surface area contributed by atoms with Gasteiger partial charge in [-0.3, -0.25) is 19.1 Å². The lowest BCUT2D eigenvalue weighted by Gasteiger charge is -2.30. The first-order valence-electron chi connectivity index (χ1n) is 21.5. The topological polar surface area (TPSA) is 199 Å². The Morgan fingerprint density at radius 1 is 0.921 bits per heavy atom. The number of benzene rings is 2. The lowest BCUT2D eigenvalue weighted by molar-refractivity contribution is -0.141. The molecule has 3 aliphatic carbocycles. The van der Waals surface area contributed by atoms with Crippen molar-refractivity contribution in [3.05, 3.63) is 66.2 Å². The van der Waals surface area contributed by atoms with Gasteiger partial charge in [0.05, 0.1) is 17.4 Å². The molecule has 334 valence electrons. The fourth-order valence-corrected chi connectivity index (χ4v) is 10.3. The molecule has 4 fully saturated rings. The number of rotatable bonds is 8. The Bertz CT molecular complexity index is 2570. The average Bonchev–Trinajstić information content (AvgIpc) is 4.06. The van der Waals surface area contributed by atoms with Crippen LogP contribution in [-0.2, 0) is 35.3 Å². The minimum atomic E-state index is -4.57. The molecule has 9 rings (SSSR count). The molecule has 2 aromatic heterocycles. The number of allylic oxidation sites excluding steroid dienone is 1. The van der Waals surface area contributed by atoms with E-state index in [1.165, 1.54) is 17.0 Å². The highest BCUT2D eigenvalue weighted by Gasteiger charge is 2.62. The van der Waals surface area contributed by atoms with Crippen molar-refractivity contribution in [2.24, 2.45) is 5.92 Å². The molecule has 0 radical (unpaired) electrons. The summed E-state index contributed by atoms with van der Waals surface area (Å²) in [6, 6.07) is 8.99. The molecule has 3 N–H and O–H groups in total. The van der Waals surface area contributed by atoms with Gasteiger partial charge in [-0.15, -0.1) is 0 Å². The number of sulfonamides is 1. The van der Waals surface area contributed by atoms with Gasteiger partial charge in [0.1, 0.15) is 40.9 Å². The molecule has 2 aromatic carbocycles. The molecular weight excluding hydrogens is 846 g/mol. The van der Waals surface area contributed by atoms with Gasteiger partial charge in [0.15, 0.2) is 5.82 Å². The number of nitrogens with zero attached hydrogens (tertiary/aromatic N) is 3. The average molecular weight is 893 g/mol. The number of carbonyl (C=O) groups excluding carboxylic acids is 4. The van der Waals surface area contributed by atoms with Gasteiger partial charge >= 0.3 is 12.3 Å². The number of fused-ring (bicyclic) bond motifs is 5. The molecule has 0 spiro atoms. The van der Waals surface area contributed by atoms with E-state index >= 15 is 0 Å². The zero-order chi connectivity index (χ0) is 44.1. The van der Waals surface area contributed by atoms with Gasteiger partial charge in [-0.25, -0.2) is 18.2 Å². The van der Waals surface area contributed by atoms with Crippen molar-refractivity contribution < 1.29 is 54.7 Å². The summed E-state index contributed by atoms with van der Waals surface area (Å²) in [5.74, 6) is -2.73. The molecule has 0 bridgehead atoms. The summed E-state index contributed by atoms with van der Waals surface area (Å²) >= 11 is 0. The molecule has 2 aliphatic heterocycles. The minimum Gasteiger partial charge on any atom is -0.470 e. The van der Waals surface area contributed by atoms with E-state index in [1.807, 2.05) is 12.2 Å². The predicted molar refractivity (Wildman–Crippen MR) is 221 cm³/mol. The number of amides is 4. The van der Waals surface area contributed by atoms with Gasteiger partial charge in [-0.1, -0.05) is 49.3 Å². The van der Waals surface area contributed by atoms with E-state index in [4.69, 9.17) is 13.9 Å². The molecule has 4 aromatic rings. The molecule has 5 atom stereocenters. The van der Waals surface area contributed by atoms with Crippen molar-refractivity contribution in [1.82, 2.24) is 30.2 Å². The monoisotopic (exact) mass is 892 g/mol. The van der Waals surface area contributed by atoms with E-state index in [-0.39, 0.29) is 54.8 Å². The first kappa shape index (κ1) is 42.6. The summed E-state index contributed by atoms with van der Waals surface area (Å²) in [5, 5.41) is 5.50. The van der Waals surface area contributed by atoms with Crippen LogP contribution in [0, 0.1) is 5.92 Å². The van der Waals surface area contributed by atoms with Gasteiger partial charge in [-0.2, -0.15) is 18.2 Å². The van der Waals surface area contributed by atoms with E-state index in [1.54, 1.807) is 24.3 Å². The highest BCUT2D eigenvalue weighted by molar-refractivity contribution is 7.91. The number of ether oxygens (including phenoxy) is 2. The summed E-state index contributed by atoms with van der Waals surface area (Å²) in [5.41, 5.74) is -1.32. The highest BCUT2D eigenvalue weighted by atomic mass is 32.2. The van der Waals surface area contributed by atoms with Crippen LogP contribution in [0.4, 0.5) is 18.0 Å². The third-order valence-corrected chi connectivity index (χ3v) is 14.5. The van der Waals surface area contributed by atoms with Crippen LogP contribution < -0.4 is 20.1 Å². The number of furan rings is 1. The van der Waals surface area contributed by atoms with Crippen molar-refractivity contribution in [1.29, 1.82) is 0 Å². The molecule has 63 heavy (non-hydrogen) atoms. The van der Waals surface area contributed by atoms with Gasteiger partial charge in [0.25, 0.3) is 11.8 Å². The Kier molecular flexibility index (Phi) is 11.3. The van der Waals surface area contributed by atoms with Crippen LogP contribution in [0.5, 0.6) is 5.88 Å². The van der Waals surface area contributed by atoms with Gasteiger partial charge < -0.3 is 29.4 Å². The van der Waals surface area contributed by atoms with Crippen LogP contribution in [0.1, 0.15) is 89.0 Å². The normalized spacial score (nSPS) is 26.0. The first-order chi connectivity index (χ1) is 30.2. The molecule has 4 amide bonds. The van der Waals surface area contributed by atoms with Crippen molar-refractivity contribution >= 4 is 55.9 Å².